The molecule has 0 bridgehead atoms. The fourth-order valence-corrected chi connectivity index (χ4v) is 1.13. The third-order valence-corrected chi connectivity index (χ3v) is 2.95. The van der Waals surface area contributed by atoms with Crippen LogP contribution in [0.4, 0.5) is 0 Å². The molecule has 1 N–H and O–H groups in total. The summed E-state index contributed by atoms with van der Waals surface area (Å²) in [5.41, 5.74) is -0.682. The third kappa shape index (κ3) is 4.08. The minimum absolute atomic E-state index is 0.199. The summed E-state index contributed by atoms with van der Waals surface area (Å²) in [5, 5.41) is 18.6. The van der Waals surface area contributed by atoms with E-state index in [0.29, 0.717) is 13.0 Å². The van der Waals surface area contributed by atoms with Crippen molar-refractivity contribution < 1.29 is 5.11 Å². The number of nitrogens with zero attached hydrogens (tertiary/aromatic N) is 2. The number of rotatable bonds is 5. The zero-order chi connectivity index (χ0) is 11.4. The Balaban J connectivity index is 4.18. The third-order valence-electron chi connectivity index (χ3n) is 2.95. The molecule has 2 unspecified atom stereocenters. The van der Waals surface area contributed by atoms with E-state index in [1.165, 1.54) is 0 Å². The maximum absolute atomic E-state index is 10.1. The predicted molar refractivity (Wildman–Crippen MR) is 57.8 cm³/mol. The molecule has 0 heterocycles. The lowest BCUT2D eigenvalue weighted by Gasteiger charge is -2.34. The second-order valence-corrected chi connectivity index (χ2v) is 4.64. The molecule has 2 atom stereocenters. The van der Waals surface area contributed by atoms with Crippen LogP contribution in [0.15, 0.2) is 0 Å². The lowest BCUT2D eigenvalue weighted by molar-refractivity contribution is -0.0201. The summed E-state index contributed by atoms with van der Waals surface area (Å²) >= 11 is 0. The highest BCUT2D eigenvalue weighted by Gasteiger charge is 2.27. The van der Waals surface area contributed by atoms with Gasteiger partial charge in [-0.2, -0.15) is 5.26 Å². The van der Waals surface area contributed by atoms with E-state index < -0.39 is 5.60 Å². The maximum Gasteiger partial charge on any atom is 0.0768 e. The van der Waals surface area contributed by atoms with Crippen molar-refractivity contribution in [3.8, 4) is 6.07 Å². The molecule has 0 amide bonds. The molecule has 3 nitrogen and oxygen atoms in total. The fourth-order valence-electron chi connectivity index (χ4n) is 1.13. The van der Waals surface area contributed by atoms with Gasteiger partial charge in [0.15, 0.2) is 0 Å². The molecule has 0 saturated carbocycles. The van der Waals surface area contributed by atoms with Crippen molar-refractivity contribution in [2.24, 2.45) is 5.92 Å². The second-order valence-electron chi connectivity index (χ2n) is 4.64. The van der Waals surface area contributed by atoms with Crippen LogP contribution in [0.2, 0.25) is 0 Å². The van der Waals surface area contributed by atoms with Gasteiger partial charge in [-0.15, -0.1) is 0 Å². The predicted octanol–water partition coefficient (Wildman–Crippen LogP) is 1.63. The van der Waals surface area contributed by atoms with Gasteiger partial charge in [0.2, 0.25) is 0 Å². The van der Waals surface area contributed by atoms with E-state index in [9.17, 15) is 5.11 Å². The first-order chi connectivity index (χ1) is 6.31. The van der Waals surface area contributed by atoms with Gasteiger partial charge in [-0.3, -0.25) is 4.90 Å². The molecule has 3 heteroatoms. The number of likely N-dealkylation sites (N-methyl/N-ethyl adjacent to an activating group) is 1. The normalized spacial score (nSPS) is 17.9. The molecule has 0 aromatic rings. The smallest absolute Gasteiger partial charge is 0.0768 e. The Morgan fingerprint density at radius 3 is 2.29 bits per heavy atom. The van der Waals surface area contributed by atoms with Gasteiger partial charge in [-0.1, -0.05) is 13.8 Å². The Morgan fingerprint density at radius 1 is 1.43 bits per heavy atom. The molecule has 0 spiro atoms. The van der Waals surface area contributed by atoms with Crippen molar-refractivity contribution in [2.75, 3.05) is 13.6 Å². The van der Waals surface area contributed by atoms with E-state index in [1.807, 2.05) is 39.6 Å². The summed E-state index contributed by atoms with van der Waals surface area (Å²) < 4.78 is 0. The van der Waals surface area contributed by atoms with Crippen molar-refractivity contribution in [3.63, 3.8) is 0 Å². The number of nitriles is 1. The topological polar surface area (TPSA) is 47.3 Å². The summed E-state index contributed by atoms with van der Waals surface area (Å²) in [5.74, 6) is 0.222. The molecule has 0 aliphatic heterocycles. The van der Waals surface area contributed by atoms with E-state index in [1.54, 1.807) is 0 Å². The Morgan fingerprint density at radius 2 is 1.93 bits per heavy atom. The van der Waals surface area contributed by atoms with Gasteiger partial charge in [-0.05, 0) is 26.8 Å². The minimum atomic E-state index is -0.682. The van der Waals surface area contributed by atoms with Gasteiger partial charge in [0.25, 0.3) is 0 Å². The van der Waals surface area contributed by atoms with Crippen LogP contribution < -0.4 is 0 Å². The highest BCUT2D eigenvalue weighted by molar-refractivity contribution is 4.84. The van der Waals surface area contributed by atoms with Crippen molar-refractivity contribution >= 4 is 0 Å². The molecular formula is C11H22N2O. The first-order valence-electron chi connectivity index (χ1n) is 5.10. The summed E-state index contributed by atoms with van der Waals surface area (Å²) in [4.78, 5) is 2.03. The van der Waals surface area contributed by atoms with Crippen LogP contribution in [0.5, 0.6) is 0 Å². The van der Waals surface area contributed by atoms with E-state index in [-0.39, 0.29) is 12.0 Å². The van der Waals surface area contributed by atoms with Crippen LogP contribution in [0.1, 0.15) is 34.1 Å². The Hall–Kier alpha value is -0.590. The Kier molecular flexibility index (Phi) is 5.11. The summed E-state index contributed by atoms with van der Waals surface area (Å²) in [6.45, 7) is 8.45. The van der Waals surface area contributed by atoms with E-state index in [2.05, 4.69) is 6.07 Å². The van der Waals surface area contributed by atoms with Crippen LogP contribution in [0.3, 0.4) is 0 Å². The maximum atomic E-state index is 10.1. The van der Waals surface area contributed by atoms with Crippen LogP contribution in [0, 0.1) is 17.2 Å². The Bertz CT molecular complexity index is 206. The molecule has 0 radical (unpaired) electrons. The quantitative estimate of drug-likeness (QED) is 0.730. The Labute approximate surface area is 87.3 Å². The lowest BCUT2D eigenvalue weighted by Crippen LogP contribution is -2.45. The van der Waals surface area contributed by atoms with Gasteiger partial charge in [0, 0.05) is 12.6 Å². The average molecular weight is 198 g/mol. The highest BCUT2D eigenvalue weighted by Crippen LogP contribution is 2.18. The van der Waals surface area contributed by atoms with Gasteiger partial charge in [0.05, 0.1) is 18.1 Å². The molecule has 0 aromatic carbocycles. The molecule has 0 rings (SSSR count). The second kappa shape index (κ2) is 5.33. The van der Waals surface area contributed by atoms with Gasteiger partial charge in [0.1, 0.15) is 0 Å². The minimum Gasteiger partial charge on any atom is -0.389 e. The van der Waals surface area contributed by atoms with Gasteiger partial charge >= 0.3 is 0 Å². The van der Waals surface area contributed by atoms with E-state index in [4.69, 9.17) is 5.26 Å². The largest absolute Gasteiger partial charge is 0.389 e. The summed E-state index contributed by atoms with van der Waals surface area (Å²) in [6.07, 6.45) is 0.505. The fraction of sp³-hybridized carbons (Fsp3) is 0.909. The molecular weight excluding hydrogens is 176 g/mol. The zero-order valence-electron chi connectivity index (χ0n) is 9.91. The highest BCUT2D eigenvalue weighted by atomic mass is 16.3. The van der Waals surface area contributed by atoms with Gasteiger partial charge in [-0.25, -0.2) is 0 Å². The lowest BCUT2D eigenvalue weighted by atomic mass is 9.91. The molecule has 82 valence electrons. The molecule has 0 aliphatic carbocycles. The van der Waals surface area contributed by atoms with E-state index >= 15 is 0 Å². The first-order valence-corrected chi connectivity index (χ1v) is 5.10. The first kappa shape index (κ1) is 13.4. The number of hydrogen-bond acceptors (Lipinski definition) is 3. The standard InChI is InChI=1S/C11H22N2O/c1-9(2)11(4,14)8-13(5)10(3)6-7-12/h9-10,14H,6,8H2,1-5H3. The molecule has 0 aromatic heterocycles. The monoisotopic (exact) mass is 198 g/mol. The van der Waals surface area contributed by atoms with Crippen LogP contribution in [-0.4, -0.2) is 35.2 Å². The zero-order valence-corrected chi connectivity index (χ0v) is 9.91. The molecule has 0 fully saturated rings. The summed E-state index contributed by atoms with van der Waals surface area (Å²) in [6, 6.07) is 2.34. The van der Waals surface area contributed by atoms with Crippen molar-refractivity contribution in [1.82, 2.24) is 4.90 Å². The van der Waals surface area contributed by atoms with Crippen LogP contribution >= 0.6 is 0 Å². The van der Waals surface area contributed by atoms with Crippen molar-refractivity contribution in [2.45, 2.75) is 45.8 Å². The molecule has 14 heavy (non-hydrogen) atoms. The van der Waals surface area contributed by atoms with Crippen LogP contribution in [-0.2, 0) is 0 Å². The summed E-state index contributed by atoms with van der Waals surface area (Å²) in [7, 11) is 1.94. The SMILES string of the molecule is CC(CC#N)N(C)CC(C)(O)C(C)C. The van der Waals surface area contributed by atoms with Gasteiger partial charge < -0.3 is 5.11 Å². The molecule has 0 saturated heterocycles. The van der Waals surface area contributed by atoms with Crippen molar-refractivity contribution in [3.05, 3.63) is 0 Å². The van der Waals surface area contributed by atoms with E-state index in [0.717, 1.165) is 0 Å². The number of hydrogen-bond donors (Lipinski definition) is 1. The van der Waals surface area contributed by atoms with Crippen molar-refractivity contribution in [1.29, 1.82) is 5.26 Å². The average Bonchev–Trinajstić information content (AvgIpc) is 2.03. The van der Waals surface area contributed by atoms with Crippen LogP contribution in [0.25, 0.3) is 0 Å². The number of aliphatic hydroxyl groups is 1. The molecule has 0 aliphatic rings.